The first-order valence-corrected chi connectivity index (χ1v) is 12.4. The molecule has 0 bridgehead atoms. The topological polar surface area (TPSA) is 61.3 Å². The van der Waals surface area contributed by atoms with Gasteiger partial charge in [-0.05, 0) is 42.5 Å². The number of ether oxygens (including phenoxy) is 2. The van der Waals surface area contributed by atoms with Crippen molar-refractivity contribution < 1.29 is 14.3 Å². The minimum Gasteiger partial charge on any atom is -0.434 e. The Hall–Kier alpha value is -2.43. The molecule has 5 heteroatoms. The maximum absolute atomic E-state index is 12.0. The van der Waals surface area contributed by atoms with Crippen LogP contribution in [-0.2, 0) is 11.2 Å². The third-order valence-corrected chi connectivity index (χ3v) is 5.72. The van der Waals surface area contributed by atoms with Crippen molar-refractivity contribution in [2.45, 2.75) is 96.8 Å². The van der Waals surface area contributed by atoms with Gasteiger partial charge in [-0.3, -0.25) is 0 Å². The van der Waals surface area contributed by atoms with E-state index in [1.807, 2.05) is 30.3 Å². The zero-order chi connectivity index (χ0) is 22.9. The van der Waals surface area contributed by atoms with Crippen LogP contribution in [0.25, 0.3) is 0 Å². The lowest BCUT2D eigenvalue weighted by Gasteiger charge is -2.17. The van der Waals surface area contributed by atoms with Crippen LogP contribution in [0.5, 0.6) is 5.75 Å². The second-order valence-corrected chi connectivity index (χ2v) is 8.45. The van der Waals surface area contributed by atoms with Crippen LogP contribution in [0.1, 0.15) is 102 Å². The first-order chi connectivity index (χ1) is 15.7. The second kappa shape index (κ2) is 16.2. The van der Waals surface area contributed by atoms with E-state index in [1.165, 1.54) is 56.9 Å². The minimum atomic E-state index is -0.624. The van der Waals surface area contributed by atoms with Crippen LogP contribution in [0.15, 0.2) is 42.7 Å². The molecule has 5 nitrogen and oxygen atoms in total. The molecule has 2 rings (SSSR count). The van der Waals surface area contributed by atoms with Gasteiger partial charge in [-0.2, -0.15) is 0 Å². The minimum absolute atomic E-state index is 0.349. The first-order valence-electron chi connectivity index (χ1n) is 12.4. The van der Waals surface area contributed by atoms with Gasteiger partial charge in [0.15, 0.2) is 0 Å². The van der Waals surface area contributed by atoms with Crippen molar-refractivity contribution in [3.8, 4) is 5.75 Å². The molecule has 1 heterocycles. The summed E-state index contributed by atoms with van der Waals surface area (Å²) in [7, 11) is 0. The highest BCUT2D eigenvalue weighted by Crippen LogP contribution is 2.27. The van der Waals surface area contributed by atoms with Crippen LogP contribution in [0.3, 0.4) is 0 Å². The maximum Gasteiger partial charge on any atom is 0.513 e. The standard InChI is InChI=1S/C27H40N2O3/c1-3-5-7-8-9-10-12-21-31-27(30)32-25-17-15-23(16-18-25)24(14-11-6-4-2)22-26-28-19-13-20-29-26/h13,15-20,24H,3-12,14,21-22H2,1-2H3. The summed E-state index contributed by atoms with van der Waals surface area (Å²) in [6.07, 6.45) is 16.8. The molecule has 0 aliphatic carbocycles. The van der Waals surface area contributed by atoms with Crippen LogP contribution in [0.4, 0.5) is 4.79 Å². The molecule has 32 heavy (non-hydrogen) atoms. The molecule has 1 aromatic carbocycles. The molecular weight excluding hydrogens is 400 g/mol. The third-order valence-electron chi connectivity index (χ3n) is 5.72. The van der Waals surface area contributed by atoms with E-state index in [0.29, 0.717) is 18.3 Å². The summed E-state index contributed by atoms with van der Waals surface area (Å²) in [4.78, 5) is 20.7. The van der Waals surface area contributed by atoms with E-state index in [4.69, 9.17) is 9.47 Å². The zero-order valence-electron chi connectivity index (χ0n) is 19.9. The van der Waals surface area contributed by atoms with E-state index >= 15 is 0 Å². The summed E-state index contributed by atoms with van der Waals surface area (Å²) >= 11 is 0. The molecule has 1 unspecified atom stereocenters. The Morgan fingerprint density at radius 3 is 2.16 bits per heavy atom. The molecule has 0 aliphatic heterocycles. The number of hydrogen-bond donors (Lipinski definition) is 0. The van der Waals surface area contributed by atoms with E-state index in [1.54, 1.807) is 12.4 Å². The number of hydrogen-bond acceptors (Lipinski definition) is 5. The van der Waals surface area contributed by atoms with Gasteiger partial charge in [0.2, 0.25) is 0 Å². The molecule has 1 aromatic heterocycles. The Bertz CT molecular complexity index is 734. The molecular formula is C27H40N2O3. The molecule has 0 N–H and O–H groups in total. The molecule has 1 atom stereocenters. The number of rotatable bonds is 16. The molecule has 0 saturated heterocycles. The maximum atomic E-state index is 12.0. The highest BCUT2D eigenvalue weighted by molar-refractivity contribution is 5.63. The summed E-state index contributed by atoms with van der Waals surface area (Å²) in [5, 5.41) is 0. The molecule has 0 fully saturated rings. The average Bonchev–Trinajstić information content (AvgIpc) is 2.81. The van der Waals surface area contributed by atoms with E-state index in [2.05, 4.69) is 23.8 Å². The van der Waals surface area contributed by atoms with Crippen molar-refractivity contribution in [1.82, 2.24) is 9.97 Å². The Labute approximate surface area is 194 Å². The number of aromatic nitrogens is 2. The van der Waals surface area contributed by atoms with Crippen molar-refractivity contribution >= 4 is 6.16 Å². The molecule has 0 radical (unpaired) electrons. The molecule has 2 aromatic rings. The normalized spacial score (nSPS) is 11.8. The Morgan fingerprint density at radius 2 is 1.47 bits per heavy atom. The predicted molar refractivity (Wildman–Crippen MR) is 129 cm³/mol. The zero-order valence-corrected chi connectivity index (χ0v) is 19.9. The molecule has 176 valence electrons. The fourth-order valence-corrected chi connectivity index (χ4v) is 3.83. The Morgan fingerprint density at radius 1 is 0.844 bits per heavy atom. The van der Waals surface area contributed by atoms with Crippen LogP contribution < -0.4 is 4.74 Å². The van der Waals surface area contributed by atoms with Gasteiger partial charge in [-0.1, -0.05) is 83.8 Å². The van der Waals surface area contributed by atoms with Crippen molar-refractivity contribution in [3.63, 3.8) is 0 Å². The molecule has 0 saturated carbocycles. The molecule has 0 amide bonds. The summed E-state index contributed by atoms with van der Waals surface area (Å²) in [5.41, 5.74) is 1.22. The monoisotopic (exact) mass is 440 g/mol. The lowest BCUT2D eigenvalue weighted by molar-refractivity contribution is 0.0973. The highest BCUT2D eigenvalue weighted by Gasteiger charge is 2.15. The predicted octanol–water partition coefficient (Wildman–Crippen LogP) is 7.65. The largest absolute Gasteiger partial charge is 0.513 e. The summed E-state index contributed by atoms with van der Waals surface area (Å²) in [6, 6.07) is 9.62. The average molecular weight is 441 g/mol. The lowest BCUT2D eigenvalue weighted by Crippen LogP contribution is -2.11. The van der Waals surface area contributed by atoms with Gasteiger partial charge >= 0.3 is 6.16 Å². The van der Waals surface area contributed by atoms with Crippen LogP contribution in [0.2, 0.25) is 0 Å². The molecule has 0 spiro atoms. The van der Waals surface area contributed by atoms with Gasteiger partial charge in [-0.25, -0.2) is 14.8 Å². The van der Waals surface area contributed by atoms with Gasteiger partial charge in [0.25, 0.3) is 0 Å². The Kier molecular flexibility index (Phi) is 13.1. The quantitative estimate of drug-likeness (QED) is 0.152. The van der Waals surface area contributed by atoms with Crippen molar-refractivity contribution in [2.24, 2.45) is 0 Å². The van der Waals surface area contributed by atoms with Crippen LogP contribution in [-0.4, -0.2) is 22.7 Å². The summed E-state index contributed by atoms with van der Waals surface area (Å²) < 4.78 is 10.6. The van der Waals surface area contributed by atoms with E-state index in [9.17, 15) is 4.79 Å². The SMILES string of the molecule is CCCCCCCCCOC(=O)Oc1ccc(C(CCCCC)Cc2ncccn2)cc1. The first kappa shape index (κ1) is 25.8. The van der Waals surface area contributed by atoms with E-state index < -0.39 is 6.16 Å². The number of unbranched alkanes of at least 4 members (excludes halogenated alkanes) is 8. The summed E-state index contributed by atoms with van der Waals surface area (Å²) in [6.45, 7) is 4.86. The van der Waals surface area contributed by atoms with E-state index in [0.717, 1.165) is 31.5 Å². The van der Waals surface area contributed by atoms with Gasteiger partial charge < -0.3 is 9.47 Å². The highest BCUT2D eigenvalue weighted by atomic mass is 16.7. The Balaban J connectivity index is 1.78. The van der Waals surface area contributed by atoms with Gasteiger partial charge in [0.1, 0.15) is 11.6 Å². The number of carbonyl (C=O) groups is 1. The fourth-order valence-electron chi connectivity index (χ4n) is 3.83. The van der Waals surface area contributed by atoms with Gasteiger partial charge in [-0.15, -0.1) is 0 Å². The number of carbonyl (C=O) groups excluding carboxylic acids is 1. The fraction of sp³-hybridized carbons (Fsp3) is 0.593. The number of nitrogens with zero attached hydrogens (tertiary/aromatic N) is 2. The molecule has 0 aliphatic rings. The van der Waals surface area contributed by atoms with Gasteiger partial charge in [0.05, 0.1) is 6.61 Å². The van der Waals surface area contributed by atoms with Gasteiger partial charge in [0, 0.05) is 18.8 Å². The van der Waals surface area contributed by atoms with Crippen molar-refractivity contribution in [3.05, 3.63) is 54.1 Å². The summed E-state index contributed by atoms with van der Waals surface area (Å²) in [5.74, 6) is 1.73. The van der Waals surface area contributed by atoms with Crippen molar-refractivity contribution in [2.75, 3.05) is 6.61 Å². The van der Waals surface area contributed by atoms with Crippen LogP contribution in [0, 0.1) is 0 Å². The van der Waals surface area contributed by atoms with Crippen LogP contribution >= 0.6 is 0 Å². The third kappa shape index (κ3) is 10.7. The van der Waals surface area contributed by atoms with E-state index in [-0.39, 0.29) is 0 Å². The smallest absolute Gasteiger partial charge is 0.434 e. The number of benzene rings is 1. The lowest BCUT2D eigenvalue weighted by atomic mass is 9.90. The second-order valence-electron chi connectivity index (χ2n) is 8.45. The van der Waals surface area contributed by atoms with Crippen molar-refractivity contribution in [1.29, 1.82) is 0 Å².